The Morgan fingerprint density at radius 3 is 2.92 bits per heavy atom. The predicted octanol–water partition coefficient (Wildman–Crippen LogP) is 2.30. The lowest BCUT2D eigenvalue weighted by atomic mass is 9.98. The van der Waals surface area contributed by atoms with E-state index in [1.54, 1.807) is 6.20 Å². The first-order valence-corrected chi connectivity index (χ1v) is 9.07. The largest absolute Gasteiger partial charge is 0.376 e. The van der Waals surface area contributed by atoms with E-state index < -0.39 is 0 Å². The SMILES string of the molecule is O=C(NCC1CCCO1)c1cnn2c3c(cnc12)CCCCCC3. The van der Waals surface area contributed by atoms with E-state index in [0.717, 1.165) is 32.3 Å². The lowest BCUT2D eigenvalue weighted by Crippen LogP contribution is -2.31. The van der Waals surface area contributed by atoms with Gasteiger partial charge in [-0.25, -0.2) is 9.50 Å². The highest BCUT2D eigenvalue weighted by Gasteiger charge is 2.21. The Balaban J connectivity index is 1.57. The van der Waals surface area contributed by atoms with Crippen LogP contribution >= 0.6 is 0 Å². The molecule has 1 amide bonds. The fourth-order valence-corrected chi connectivity index (χ4v) is 3.72. The van der Waals surface area contributed by atoms with Crippen molar-refractivity contribution < 1.29 is 9.53 Å². The maximum absolute atomic E-state index is 12.5. The molecule has 2 aromatic rings. The number of carbonyl (C=O) groups is 1. The molecule has 2 aromatic heterocycles. The zero-order chi connectivity index (χ0) is 16.4. The summed E-state index contributed by atoms with van der Waals surface area (Å²) in [6.07, 6.45) is 12.8. The molecular formula is C18H24N4O2. The van der Waals surface area contributed by atoms with Crippen molar-refractivity contribution in [2.24, 2.45) is 0 Å². The molecule has 0 bridgehead atoms. The number of rotatable bonds is 3. The summed E-state index contributed by atoms with van der Waals surface area (Å²) in [5, 5.41) is 7.43. The van der Waals surface area contributed by atoms with Gasteiger partial charge in [-0.2, -0.15) is 5.10 Å². The molecule has 1 fully saturated rings. The molecule has 6 heteroatoms. The Morgan fingerprint density at radius 1 is 1.21 bits per heavy atom. The molecule has 128 valence electrons. The molecule has 0 spiro atoms. The van der Waals surface area contributed by atoms with Crippen molar-refractivity contribution >= 4 is 11.6 Å². The quantitative estimate of drug-likeness (QED) is 0.939. The highest BCUT2D eigenvalue weighted by Crippen LogP contribution is 2.21. The van der Waals surface area contributed by atoms with E-state index in [4.69, 9.17) is 4.74 Å². The molecule has 1 atom stereocenters. The van der Waals surface area contributed by atoms with Crippen LogP contribution in [-0.4, -0.2) is 39.8 Å². The van der Waals surface area contributed by atoms with Crippen LogP contribution in [0.25, 0.3) is 5.65 Å². The zero-order valence-corrected chi connectivity index (χ0v) is 14.0. The summed E-state index contributed by atoms with van der Waals surface area (Å²) in [6, 6.07) is 0. The van der Waals surface area contributed by atoms with E-state index in [-0.39, 0.29) is 12.0 Å². The summed E-state index contributed by atoms with van der Waals surface area (Å²) in [5.41, 5.74) is 3.71. The van der Waals surface area contributed by atoms with Crippen LogP contribution in [0.3, 0.4) is 0 Å². The number of aromatic nitrogens is 3. The van der Waals surface area contributed by atoms with E-state index in [0.29, 0.717) is 17.8 Å². The highest BCUT2D eigenvalue weighted by atomic mass is 16.5. The third-order valence-corrected chi connectivity index (χ3v) is 5.08. The molecule has 6 nitrogen and oxygen atoms in total. The number of fused-ring (bicyclic) bond motifs is 3. The van der Waals surface area contributed by atoms with Gasteiger partial charge >= 0.3 is 0 Å². The average molecular weight is 328 g/mol. The van der Waals surface area contributed by atoms with Crippen molar-refractivity contribution in [2.45, 2.75) is 57.5 Å². The first-order chi connectivity index (χ1) is 11.8. The Kier molecular flexibility index (Phi) is 4.47. The fraction of sp³-hybridized carbons (Fsp3) is 0.611. The average Bonchev–Trinajstić information content (AvgIpc) is 3.22. The van der Waals surface area contributed by atoms with E-state index in [9.17, 15) is 4.79 Å². The van der Waals surface area contributed by atoms with Crippen molar-refractivity contribution in [3.05, 3.63) is 29.2 Å². The van der Waals surface area contributed by atoms with Crippen LogP contribution < -0.4 is 5.32 Å². The van der Waals surface area contributed by atoms with E-state index in [1.165, 1.54) is 36.9 Å². The lowest BCUT2D eigenvalue weighted by molar-refractivity contribution is 0.0859. The van der Waals surface area contributed by atoms with Gasteiger partial charge in [0.25, 0.3) is 5.91 Å². The van der Waals surface area contributed by atoms with Crippen molar-refractivity contribution in [1.82, 2.24) is 19.9 Å². The number of nitrogens with one attached hydrogen (secondary N) is 1. The minimum absolute atomic E-state index is 0.112. The Labute approximate surface area is 141 Å². The van der Waals surface area contributed by atoms with Gasteiger partial charge in [-0.15, -0.1) is 0 Å². The molecule has 1 saturated heterocycles. The summed E-state index contributed by atoms with van der Waals surface area (Å²) in [4.78, 5) is 17.0. The lowest BCUT2D eigenvalue weighted by Gasteiger charge is -2.14. The van der Waals surface area contributed by atoms with Gasteiger partial charge in [0.2, 0.25) is 0 Å². The maximum Gasteiger partial charge on any atom is 0.256 e. The van der Waals surface area contributed by atoms with E-state index in [1.807, 2.05) is 10.7 Å². The van der Waals surface area contributed by atoms with Crippen molar-refractivity contribution in [2.75, 3.05) is 13.2 Å². The minimum Gasteiger partial charge on any atom is -0.376 e. The Morgan fingerprint density at radius 2 is 2.08 bits per heavy atom. The third-order valence-electron chi connectivity index (χ3n) is 5.08. The van der Waals surface area contributed by atoms with Gasteiger partial charge in [0, 0.05) is 25.0 Å². The van der Waals surface area contributed by atoms with Crippen molar-refractivity contribution in [3.63, 3.8) is 0 Å². The molecule has 4 rings (SSSR count). The standard InChI is InChI=1S/C18H24N4O2/c23-18(20-11-14-7-5-9-24-14)15-12-21-22-16-8-4-2-1-3-6-13(16)10-19-17(15)22/h10,12,14H,1-9,11H2,(H,20,23). The van der Waals surface area contributed by atoms with Crippen LogP contribution in [0, 0.1) is 0 Å². The van der Waals surface area contributed by atoms with Gasteiger partial charge in [0.05, 0.1) is 12.3 Å². The van der Waals surface area contributed by atoms with Crippen LogP contribution in [0.15, 0.2) is 12.4 Å². The smallest absolute Gasteiger partial charge is 0.256 e. The van der Waals surface area contributed by atoms with Gasteiger partial charge in [-0.05, 0) is 44.1 Å². The predicted molar refractivity (Wildman–Crippen MR) is 90.2 cm³/mol. The van der Waals surface area contributed by atoms with Crippen molar-refractivity contribution in [3.8, 4) is 0 Å². The summed E-state index contributed by atoms with van der Waals surface area (Å²) in [6.45, 7) is 1.35. The van der Waals surface area contributed by atoms with Crippen LogP contribution in [0.5, 0.6) is 0 Å². The van der Waals surface area contributed by atoms with Crippen LogP contribution in [-0.2, 0) is 17.6 Å². The summed E-state index contributed by atoms with van der Waals surface area (Å²) in [5.74, 6) is -0.112. The van der Waals surface area contributed by atoms with Gasteiger partial charge in [0.15, 0.2) is 5.65 Å². The number of ether oxygens (including phenoxy) is 1. The zero-order valence-electron chi connectivity index (χ0n) is 14.0. The molecule has 0 saturated carbocycles. The van der Waals surface area contributed by atoms with Gasteiger partial charge in [-0.1, -0.05) is 12.8 Å². The molecule has 3 heterocycles. The van der Waals surface area contributed by atoms with Crippen LogP contribution in [0.4, 0.5) is 0 Å². The number of aryl methyl sites for hydroxylation is 2. The molecule has 1 aliphatic heterocycles. The number of nitrogens with zero attached hydrogens (tertiary/aromatic N) is 3. The monoisotopic (exact) mass is 328 g/mol. The van der Waals surface area contributed by atoms with Crippen LogP contribution in [0.2, 0.25) is 0 Å². The Hall–Kier alpha value is -1.95. The number of amides is 1. The summed E-state index contributed by atoms with van der Waals surface area (Å²) in [7, 11) is 0. The summed E-state index contributed by atoms with van der Waals surface area (Å²) < 4.78 is 7.43. The first-order valence-electron chi connectivity index (χ1n) is 9.07. The Bertz CT molecular complexity index is 734. The van der Waals surface area contributed by atoms with E-state index >= 15 is 0 Å². The second kappa shape index (κ2) is 6.89. The molecule has 2 aliphatic rings. The molecule has 24 heavy (non-hydrogen) atoms. The molecular weight excluding hydrogens is 304 g/mol. The van der Waals surface area contributed by atoms with Crippen molar-refractivity contribution in [1.29, 1.82) is 0 Å². The number of carbonyl (C=O) groups excluding carboxylic acids is 1. The topological polar surface area (TPSA) is 68.5 Å². The second-order valence-corrected chi connectivity index (χ2v) is 6.78. The fourth-order valence-electron chi connectivity index (χ4n) is 3.72. The third kappa shape index (κ3) is 3.02. The molecule has 0 aromatic carbocycles. The normalized spacial score (nSPS) is 21.2. The van der Waals surface area contributed by atoms with Gasteiger partial charge in [0.1, 0.15) is 5.56 Å². The number of hydrogen-bond acceptors (Lipinski definition) is 4. The molecule has 1 unspecified atom stereocenters. The molecule has 0 radical (unpaired) electrons. The van der Waals surface area contributed by atoms with E-state index in [2.05, 4.69) is 15.4 Å². The van der Waals surface area contributed by atoms with Gasteiger partial charge in [-0.3, -0.25) is 4.79 Å². The summed E-state index contributed by atoms with van der Waals surface area (Å²) >= 11 is 0. The number of hydrogen-bond donors (Lipinski definition) is 1. The molecule has 1 N–H and O–H groups in total. The second-order valence-electron chi connectivity index (χ2n) is 6.78. The van der Waals surface area contributed by atoms with Crippen LogP contribution in [0.1, 0.15) is 60.1 Å². The molecule has 1 aliphatic carbocycles. The highest BCUT2D eigenvalue weighted by molar-refractivity contribution is 5.99. The minimum atomic E-state index is -0.112. The maximum atomic E-state index is 12.5. The first kappa shape index (κ1) is 15.6. The van der Waals surface area contributed by atoms with Gasteiger partial charge < -0.3 is 10.1 Å².